The molecular weight excluding hydrogens is 242 g/mol. The molecule has 0 radical (unpaired) electrons. The molecule has 2 rings (SSSR count). The quantitative estimate of drug-likeness (QED) is 0.840. The number of ether oxygens (including phenoxy) is 1. The van der Waals surface area contributed by atoms with Crippen LogP contribution in [0.15, 0.2) is 18.3 Å². The van der Waals surface area contributed by atoms with E-state index in [4.69, 9.17) is 4.74 Å². The Bertz CT molecular complexity index is 530. The Morgan fingerprint density at radius 2 is 2.26 bits per heavy atom. The van der Waals surface area contributed by atoms with E-state index >= 15 is 0 Å². The zero-order chi connectivity index (χ0) is 13.8. The molecule has 19 heavy (non-hydrogen) atoms. The summed E-state index contributed by atoms with van der Waals surface area (Å²) in [5.74, 6) is 0.445. The van der Waals surface area contributed by atoms with Crippen LogP contribution < -0.4 is 0 Å². The number of rotatable bonds is 5. The van der Waals surface area contributed by atoms with E-state index in [9.17, 15) is 4.79 Å². The van der Waals surface area contributed by atoms with Crippen LogP contribution in [0, 0.1) is 5.92 Å². The van der Waals surface area contributed by atoms with E-state index in [0.717, 1.165) is 5.52 Å². The van der Waals surface area contributed by atoms with Gasteiger partial charge in [-0.05, 0) is 31.4 Å². The summed E-state index contributed by atoms with van der Waals surface area (Å²) in [7, 11) is 0. The average Bonchev–Trinajstić information content (AvgIpc) is 2.79. The largest absolute Gasteiger partial charge is 0.465 e. The molecule has 0 aliphatic rings. The third-order valence-electron chi connectivity index (χ3n) is 2.88. The number of hydrogen-bond donors (Lipinski definition) is 1. The summed E-state index contributed by atoms with van der Waals surface area (Å²) in [6.07, 6.45) is 2.40. The number of esters is 1. The fourth-order valence-electron chi connectivity index (χ4n) is 2.06. The van der Waals surface area contributed by atoms with Crippen molar-refractivity contribution in [1.29, 1.82) is 0 Å². The molecule has 1 unspecified atom stereocenters. The number of nitrogens with zero attached hydrogens (tertiary/aromatic N) is 2. The summed E-state index contributed by atoms with van der Waals surface area (Å²) < 4.78 is 5.14. The highest BCUT2D eigenvalue weighted by atomic mass is 16.5. The van der Waals surface area contributed by atoms with Crippen LogP contribution in [0.1, 0.15) is 38.9 Å². The van der Waals surface area contributed by atoms with Crippen molar-refractivity contribution in [1.82, 2.24) is 15.0 Å². The maximum Gasteiger partial charge on any atom is 0.316 e. The number of hydrogen-bond acceptors (Lipinski definition) is 4. The summed E-state index contributed by atoms with van der Waals surface area (Å²) in [4.78, 5) is 23.8. The lowest BCUT2D eigenvalue weighted by molar-refractivity contribution is -0.145. The highest BCUT2D eigenvalue weighted by Gasteiger charge is 2.26. The second-order valence-corrected chi connectivity index (χ2v) is 4.93. The SMILES string of the molecule is CCOC(=O)C(CC(C)C)c1nc2ncccc2[nH]1. The Morgan fingerprint density at radius 3 is 2.89 bits per heavy atom. The minimum absolute atomic E-state index is 0.227. The lowest BCUT2D eigenvalue weighted by atomic mass is 9.96. The van der Waals surface area contributed by atoms with Gasteiger partial charge in [-0.3, -0.25) is 4.79 Å². The van der Waals surface area contributed by atoms with Gasteiger partial charge in [0.15, 0.2) is 5.65 Å². The molecule has 5 heteroatoms. The molecule has 0 aromatic carbocycles. The number of H-pyrrole nitrogens is 1. The van der Waals surface area contributed by atoms with E-state index in [0.29, 0.717) is 30.4 Å². The molecule has 0 amide bonds. The van der Waals surface area contributed by atoms with Crippen molar-refractivity contribution in [3.8, 4) is 0 Å². The third-order valence-corrected chi connectivity index (χ3v) is 2.88. The fourth-order valence-corrected chi connectivity index (χ4v) is 2.06. The van der Waals surface area contributed by atoms with E-state index in [2.05, 4.69) is 28.8 Å². The maximum atomic E-state index is 12.1. The van der Waals surface area contributed by atoms with Gasteiger partial charge >= 0.3 is 5.97 Å². The molecule has 0 saturated heterocycles. The average molecular weight is 261 g/mol. The fraction of sp³-hybridized carbons (Fsp3) is 0.500. The first kappa shape index (κ1) is 13.5. The molecule has 0 spiro atoms. The van der Waals surface area contributed by atoms with Crippen molar-refractivity contribution in [2.75, 3.05) is 6.61 Å². The van der Waals surface area contributed by atoms with E-state index in [1.807, 2.05) is 19.1 Å². The van der Waals surface area contributed by atoms with Gasteiger partial charge in [0.25, 0.3) is 0 Å². The molecule has 102 valence electrons. The van der Waals surface area contributed by atoms with Crippen molar-refractivity contribution < 1.29 is 9.53 Å². The van der Waals surface area contributed by atoms with Crippen LogP contribution in [-0.4, -0.2) is 27.5 Å². The topological polar surface area (TPSA) is 67.9 Å². The highest BCUT2D eigenvalue weighted by Crippen LogP contribution is 2.24. The Labute approximate surface area is 112 Å². The van der Waals surface area contributed by atoms with Crippen molar-refractivity contribution in [3.63, 3.8) is 0 Å². The number of imidazole rings is 1. The molecule has 0 aliphatic carbocycles. The van der Waals surface area contributed by atoms with Crippen LogP contribution in [-0.2, 0) is 9.53 Å². The van der Waals surface area contributed by atoms with Gasteiger partial charge in [0, 0.05) is 6.20 Å². The summed E-state index contributed by atoms with van der Waals surface area (Å²) >= 11 is 0. The van der Waals surface area contributed by atoms with Crippen molar-refractivity contribution in [2.45, 2.75) is 33.1 Å². The molecule has 0 aliphatic heterocycles. The minimum Gasteiger partial charge on any atom is -0.465 e. The third kappa shape index (κ3) is 3.10. The van der Waals surface area contributed by atoms with Crippen LogP contribution >= 0.6 is 0 Å². The van der Waals surface area contributed by atoms with Crippen LogP contribution in [0.3, 0.4) is 0 Å². The van der Waals surface area contributed by atoms with Gasteiger partial charge < -0.3 is 9.72 Å². The number of fused-ring (bicyclic) bond motifs is 1. The zero-order valence-corrected chi connectivity index (χ0v) is 11.5. The van der Waals surface area contributed by atoms with E-state index in [-0.39, 0.29) is 11.9 Å². The lowest BCUT2D eigenvalue weighted by Gasteiger charge is -2.15. The van der Waals surface area contributed by atoms with Crippen LogP contribution in [0.25, 0.3) is 11.2 Å². The Balaban J connectivity index is 2.33. The van der Waals surface area contributed by atoms with Gasteiger partial charge in [-0.1, -0.05) is 13.8 Å². The maximum absolute atomic E-state index is 12.1. The highest BCUT2D eigenvalue weighted by molar-refractivity contribution is 5.79. The molecule has 5 nitrogen and oxygen atoms in total. The van der Waals surface area contributed by atoms with Crippen molar-refractivity contribution in [3.05, 3.63) is 24.2 Å². The molecule has 2 aromatic rings. The van der Waals surface area contributed by atoms with Gasteiger partial charge in [0.05, 0.1) is 12.1 Å². The van der Waals surface area contributed by atoms with Gasteiger partial charge in [-0.25, -0.2) is 9.97 Å². The first-order chi connectivity index (χ1) is 9.11. The standard InChI is InChI=1S/C14H19N3O2/c1-4-19-14(18)10(8-9(2)3)12-16-11-6-5-7-15-13(11)17-12/h5-7,9-10H,4,8H2,1-3H3,(H,15,16,17). The molecular formula is C14H19N3O2. The van der Waals surface area contributed by atoms with Gasteiger partial charge in [0.1, 0.15) is 11.7 Å². The zero-order valence-electron chi connectivity index (χ0n) is 11.5. The van der Waals surface area contributed by atoms with Crippen molar-refractivity contribution >= 4 is 17.1 Å². The Hall–Kier alpha value is -1.91. The van der Waals surface area contributed by atoms with Crippen LogP contribution in [0.5, 0.6) is 0 Å². The number of nitrogens with one attached hydrogen (secondary N) is 1. The molecule has 2 aromatic heterocycles. The second-order valence-electron chi connectivity index (χ2n) is 4.93. The number of carbonyl (C=O) groups excluding carboxylic acids is 1. The van der Waals surface area contributed by atoms with E-state index in [1.54, 1.807) is 6.20 Å². The first-order valence-electron chi connectivity index (χ1n) is 6.59. The lowest BCUT2D eigenvalue weighted by Crippen LogP contribution is -2.19. The number of aromatic nitrogens is 3. The molecule has 0 fully saturated rings. The molecule has 0 bridgehead atoms. The summed E-state index contributed by atoms with van der Waals surface area (Å²) in [6.45, 7) is 6.34. The molecule has 0 saturated carbocycles. The molecule has 2 heterocycles. The molecule has 1 N–H and O–H groups in total. The first-order valence-corrected chi connectivity index (χ1v) is 6.59. The second kappa shape index (κ2) is 5.82. The number of aromatic amines is 1. The van der Waals surface area contributed by atoms with E-state index < -0.39 is 0 Å². The smallest absolute Gasteiger partial charge is 0.316 e. The van der Waals surface area contributed by atoms with Crippen molar-refractivity contribution in [2.24, 2.45) is 5.92 Å². The van der Waals surface area contributed by atoms with Gasteiger partial charge in [0.2, 0.25) is 0 Å². The Morgan fingerprint density at radius 1 is 1.47 bits per heavy atom. The summed E-state index contributed by atoms with van der Waals surface area (Å²) in [6, 6.07) is 3.74. The molecule has 1 atom stereocenters. The van der Waals surface area contributed by atoms with Gasteiger partial charge in [-0.2, -0.15) is 0 Å². The summed E-state index contributed by atoms with van der Waals surface area (Å²) in [5.41, 5.74) is 1.48. The number of carbonyl (C=O) groups is 1. The predicted molar refractivity (Wildman–Crippen MR) is 72.7 cm³/mol. The van der Waals surface area contributed by atoms with E-state index in [1.165, 1.54) is 0 Å². The van der Waals surface area contributed by atoms with Gasteiger partial charge in [-0.15, -0.1) is 0 Å². The summed E-state index contributed by atoms with van der Waals surface area (Å²) in [5, 5.41) is 0. The predicted octanol–water partition coefficient (Wildman–Crippen LogP) is 2.65. The minimum atomic E-state index is -0.353. The Kier molecular flexibility index (Phi) is 4.14. The van der Waals surface area contributed by atoms with Crippen LogP contribution in [0.4, 0.5) is 0 Å². The normalized spacial score (nSPS) is 12.8. The van der Waals surface area contributed by atoms with Crippen LogP contribution in [0.2, 0.25) is 0 Å². The monoisotopic (exact) mass is 261 g/mol. The number of pyridine rings is 1.